The van der Waals surface area contributed by atoms with Crippen LogP contribution in [0.5, 0.6) is 0 Å². The molecule has 0 unspecified atom stereocenters. The van der Waals surface area contributed by atoms with Gasteiger partial charge in [0.15, 0.2) is 0 Å². The van der Waals surface area contributed by atoms with Gasteiger partial charge in [-0.15, -0.1) is 0 Å². The molecule has 0 bridgehead atoms. The topological polar surface area (TPSA) is 25.2 Å². The van der Waals surface area contributed by atoms with Crippen LogP contribution in [0, 0.1) is 0 Å². The minimum atomic E-state index is -4.32. The molecule has 100 valence electrons. The van der Waals surface area contributed by atoms with Gasteiger partial charge in [0.25, 0.3) is 0 Å². The molecule has 0 aliphatic rings. The Labute approximate surface area is 105 Å². The molecule has 1 aromatic rings. The van der Waals surface area contributed by atoms with Gasteiger partial charge in [0.05, 0.1) is 5.71 Å². The lowest BCUT2D eigenvalue weighted by atomic mass is 10.1. The summed E-state index contributed by atoms with van der Waals surface area (Å²) >= 11 is 0. The van der Waals surface area contributed by atoms with E-state index in [1.54, 1.807) is 18.3 Å². The van der Waals surface area contributed by atoms with Crippen molar-refractivity contribution in [3.05, 3.63) is 41.7 Å². The van der Waals surface area contributed by atoms with Crippen molar-refractivity contribution in [1.29, 1.82) is 0 Å². The Kier molecular flexibility index (Phi) is 6.93. The normalized spacial score (nSPS) is 12.8. The molecule has 1 heterocycles. The van der Waals surface area contributed by atoms with Gasteiger partial charge in [-0.25, -0.2) is 0 Å². The van der Waals surface area contributed by atoms with Gasteiger partial charge in [0, 0.05) is 30.6 Å². The molecule has 0 aliphatic heterocycles. The summed E-state index contributed by atoms with van der Waals surface area (Å²) in [7, 11) is 1.45. The molecule has 2 nitrogen and oxygen atoms in total. The van der Waals surface area contributed by atoms with Gasteiger partial charge >= 0.3 is 6.18 Å². The van der Waals surface area contributed by atoms with Crippen molar-refractivity contribution in [3.63, 3.8) is 0 Å². The van der Waals surface area contributed by atoms with Crippen LogP contribution in [0.4, 0.5) is 13.2 Å². The number of alkyl halides is 3. The zero-order valence-electron chi connectivity index (χ0n) is 10.9. The van der Waals surface area contributed by atoms with Crippen LogP contribution < -0.4 is 0 Å². The van der Waals surface area contributed by atoms with E-state index in [1.165, 1.54) is 13.2 Å². The minimum Gasteiger partial charge on any atom is -0.288 e. The summed E-state index contributed by atoms with van der Waals surface area (Å²) in [6.07, 6.45) is -0.283. The van der Waals surface area contributed by atoms with Gasteiger partial charge in [-0.05, 0) is 25.1 Å². The van der Waals surface area contributed by atoms with Crippen LogP contribution in [-0.4, -0.2) is 23.9 Å². The third kappa shape index (κ3) is 5.12. The first-order valence-electron chi connectivity index (χ1n) is 5.58. The first kappa shape index (κ1) is 16.4. The summed E-state index contributed by atoms with van der Waals surface area (Å²) in [5.74, 6) is 0. The van der Waals surface area contributed by atoms with Gasteiger partial charge in [0.2, 0.25) is 0 Å². The van der Waals surface area contributed by atoms with E-state index in [0.29, 0.717) is 5.56 Å². The molecule has 1 rings (SSSR count). The molecular weight excluding hydrogens is 241 g/mol. The van der Waals surface area contributed by atoms with E-state index in [-0.39, 0.29) is 5.71 Å². The summed E-state index contributed by atoms with van der Waals surface area (Å²) in [6, 6.07) is 3.31. The van der Waals surface area contributed by atoms with E-state index in [1.807, 2.05) is 13.8 Å². The number of hydrogen-bond donors (Lipinski definition) is 0. The molecule has 0 atom stereocenters. The fourth-order valence-corrected chi connectivity index (χ4v) is 1.08. The van der Waals surface area contributed by atoms with E-state index < -0.39 is 11.7 Å². The molecule has 0 radical (unpaired) electrons. The molecule has 0 amide bonds. The van der Waals surface area contributed by atoms with Crippen LogP contribution in [0.25, 0.3) is 0 Å². The number of hydrogen-bond acceptors (Lipinski definition) is 2. The second kappa shape index (κ2) is 7.63. The molecule has 5 heteroatoms. The van der Waals surface area contributed by atoms with E-state index in [4.69, 9.17) is 0 Å². The lowest BCUT2D eigenvalue weighted by Gasteiger charge is -2.07. The summed E-state index contributed by atoms with van der Waals surface area (Å²) in [4.78, 5) is 7.64. The Morgan fingerprint density at radius 2 is 1.94 bits per heavy atom. The third-order valence-corrected chi connectivity index (χ3v) is 2.00. The highest BCUT2D eigenvalue weighted by Gasteiger charge is 2.30. The first-order chi connectivity index (χ1) is 8.45. The molecule has 0 spiro atoms. The van der Waals surface area contributed by atoms with Crippen LogP contribution in [0.1, 0.15) is 26.3 Å². The molecular formula is C13H17F3N2. The van der Waals surface area contributed by atoms with Crippen LogP contribution in [-0.2, 0) is 0 Å². The largest absolute Gasteiger partial charge is 0.412 e. The number of allylic oxidation sites excluding steroid dienone is 2. The van der Waals surface area contributed by atoms with Crippen LogP contribution in [0.2, 0.25) is 0 Å². The van der Waals surface area contributed by atoms with Crippen LogP contribution in [0.15, 0.2) is 41.2 Å². The predicted octanol–water partition coefficient (Wildman–Crippen LogP) is 4.04. The molecule has 0 aromatic carbocycles. The van der Waals surface area contributed by atoms with Crippen molar-refractivity contribution in [3.8, 4) is 0 Å². The summed E-state index contributed by atoms with van der Waals surface area (Å²) in [5.41, 5.74) is 0.147. The fraction of sp³-hybridized carbons (Fsp3) is 0.385. The average molecular weight is 258 g/mol. The summed E-state index contributed by atoms with van der Waals surface area (Å²) < 4.78 is 37.0. The summed E-state index contributed by atoms with van der Waals surface area (Å²) in [5, 5.41) is 0. The first-order valence-corrected chi connectivity index (χ1v) is 5.58. The molecule has 0 aliphatic carbocycles. The number of nitrogens with zero attached hydrogens (tertiary/aromatic N) is 2. The highest BCUT2D eigenvalue weighted by Crippen LogP contribution is 2.25. The van der Waals surface area contributed by atoms with E-state index in [9.17, 15) is 13.2 Å². The van der Waals surface area contributed by atoms with Gasteiger partial charge in [-0.2, -0.15) is 13.2 Å². The summed E-state index contributed by atoms with van der Waals surface area (Å²) in [6.45, 7) is 5.02. The molecule has 1 aromatic heterocycles. The second-order valence-corrected chi connectivity index (χ2v) is 3.18. The number of rotatable bonds is 2. The zero-order chi connectivity index (χ0) is 14.2. The maximum absolute atomic E-state index is 12.3. The van der Waals surface area contributed by atoms with Gasteiger partial charge in [-0.3, -0.25) is 9.98 Å². The lowest BCUT2D eigenvalue weighted by Crippen LogP contribution is -2.11. The van der Waals surface area contributed by atoms with Gasteiger partial charge < -0.3 is 0 Å². The molecule has 0 saturated heterocycles. The monoisotopic (exact) mass is 258 g/mol. The Bertz CT molecular complexity index is 406. The third-order valence-electron chi connectivity index (χ3n) is 2.00. The number of pyridine rings is 1. The molecule has 18 heavy (non-hydrogen) atoms. The quantitative estimate of drug-likeness (QED) is 0.735. The Hall–Kier alpha value is -1.65. The van der Waals surface area contributed by atoms with Crippen molar-refractivity contribution in [2.45, 2.75) is 26.9 Å². The van der Waals surface area contributed by atoms with E-state index in [2.05, 4.69) is 9.98 Å². The fourth-order valence-electron chi connectivity index (χ4n) is 1.08. The highest BCUT2D eigenvalue weighted by molar-refractivity contribution is 6.08. The Morgan fingerprint density at radius 1 is 1.33 bits per heavy atom. The van der Waals surface area contributed by atoms with Crippen molar-refractivity contribution >= 4 is 5.71 Å². The predicted molar refractivity (Wildman–Crippen MR) is 67.9 cm³/mol. The standard InChI is InChI=1S/C11H11F3N2.C2H6/c1-8(11(12,13)14)6-10(15-2)9-4-3-5-16-7-9;1-2/h3-7H,1-2H3;1-2H3/b8-6+,15-10?;. The van der Waals surface area contributed by atoms with E-state index in [0.717, 1.165) is 13.0 Å². The van der Waals surface area contributed by atoms with Crippen LogP contribution >= 0.6 is 0 Å². The van der Waals surface area contributed by atoms with Crippen molar-refractivity contribution in [2.75, 3.05) is 7.05 Å². The number of aromatic nitrogens is 1. The van der Waals surface area contributed by atoms with E-state index >= 15 is 0 Å². The SMILES string of the molecule is CC.CN=C(/C=C(\C)C(F)(F)F)c1cccnc1. The Balaban J connectivity index is 0.00000137. The smallest absolute Gasteiger partial charge is 0.288 e. The van der Waals surface area contributed by atoms with Gasteiger partial charge in [-0.1, -0.05) is 13.8 Å². The van der Waals surface area contributed by atoms with Crippen molar-refractivity contribution in [2.24, 2.45) is 4.99 Å². The Morgan fingerprint density at radius 3 is 2.33 bits per heavy atom. The average Bonchev–Trinajstić information content (AvgIpc) is 2.38. The molecule has 0 N–H and O–H groups in total. The highest BCUT2D eigenvalue weighted by atomic mass is 19.4. The lowest BCUT2D eigenvalue weighted by molar-refractivity contribution is -0.0912. The van der Waals surface area contributed by atoms with Crippen LogP contribution in [0.3, 0.4) is 0 Å². The minimum absolute atomic E-state index is 0.267. The number of halogens is 3. The van der Waals surface area contributed by atoms with Crippen molar-refractivity contribution in [1.82, 2.24) is 4.98 Å². The second-order valence-electron chi connectivity index (χ2n) is 3.18. The molecule has 0 saturated carbocycles. The maximum Gasteiger partial charge on any atom is 0.412 e. The molecule has 0 fully saturated rings. The van der Waals surface area contributed by atoms with Crippen molar-refractivity contribution < 1.29 is 13.2 Å². The zero-order valence-corrected chi connectivity index (χ0v) is 10.9. The van der Waals surface area contributed by atoms with Gasteiger partial charge in [0.1, 0.15) is 0 Å². The number of aliphatic imine (C=N–C) groups is 1. The maximum atomic E-state index is 12.3.